The standard InChI is InChI=1S/C18H28N2/c1-3-20(13-15-8-10-19-11-9-15)18-7-6-16-5-4-14(2)12-17(16)18/h4-5,12,15,18-19H,3,6-11,13H2,1-2H3. The molecule has 1 aliphatic carbocycles. The molecule has 2 nitrogen and oxygen atoms in total. The molecular weight excluding hydrogens is 244 g/mol. The number of nitrogens with zero attached hydrogens (tertiary/aromatic N) is 1. The summed E-state index contributed by atoms with van der Waals surface area (Å²) < 4.78 is 0. The second-order valence-electron chi connectivity index (χ2n) is 6.54. The number of hydrogen-bond donors (Lipinski definition) is 1. The Morgan fingerprint density at radius 1 is 1.20 bits per heavy atom. The molecule has 1 fully saturated rings. The van der Waals surface area contributed by atoms with Crippen LogP contribution in [0.15, 0.2) is 18.2 Å². The van der Waals surface area contributed by atoms with Crippen molar-refractivity contribution in [2.75, 3.05) is 26.2 Å². The highest BCUT2D eigenvalue weighted by molar-refractivity contribution is 5.37. The molecule has 1 unspecified atom stereocenters. The summed E-state index contributed by atoms with van der Waals surface area (Å²) in [6.07, 6.45) is 5.29. The van der Waals surface area contributed by atoms with Crippen LogP contribution in [0.5, 0.6) is 0 Å². The number of rotatable bonds is 4. The highest BCUT2D eigenvalue weighted by Gasteiger charge is 2.28. The Bertz CT molecular complexity index is 449. The Labute approximate surface area is 123 Å². The Balaban J connectivity index is 1.72. The molecule has 2 heteroatoms. The molecule has 1 aromatic carbocycles. The minimum absolute atomic E-state index is 0.671. The molecule has 1 N–H and O–H groups in total. The van der Waals surface area contributed by atoms with Crippen LogP contribution < -0.4 is 5.32 Å². The van der Waals surface area contributed by atoms with Gasteiger partial charge in [0, 0.05) is 12.6 Å². The lowest BCUT2D eigenvalue weighted by atomic mass is 9.96. The van der Waals surface area contributed by atoms with Gasteiger partial charge in [0.15, 0.2) is 0 Å². The molecule has 1 heterocycles. The van der Waals surface area contributed by atoms with Gasteiger partial charge in [-0.25, -0.2) is 0 Å². The molecule has 1 saturated heterocycles. The van der Waals surface area contributed by atoms with Crippen LogP contribution in [0.25, 0.3) is 0 Å². The van der Waals surface area contributed by atoms with Gasteiger partial charge in [-0.15, -0.1) is 0 Å². The molecule has 20 heavy (non-hydrogen) atoms. The van der Waals surface area contributed by atoms with Crippen molar-refractivity contribution in [3.05, 3.63) is 34.9 Å². The van der Waals surface area contributed by atoms with Crippen molar-refractivity contribution in [1.29, 1.82) is 0 Å². The van der Waals surface area contributed by atoms with Gasteiger partial charge in [0.05, 0.1) is 0 Å². The number of fused-ring (bicyclic) bond motifs is 1. The minimum Gasteiger partial charge on any atom is -0.317 e. The summed E-state index contributed by atoms with van der Waals surface area (Å²) in [6, 6.07) is 7.72. The summed E-state index contributed by atoms with van der Waals surface area (Å²) in [6.45, 7) is 9.44. The summed E-state index contributed by atoms with van der Waals surface area (Å²) in [7, 11) is 0. The van der Waals surface area contributed by atoms with Crippen LogP contribution >= 0.6 is 0 Å². The van der Waals surface area contributed by atoms with Crippen LogP contribution in [0.4, 0.5) is 0 Å². The van der Waals surface area contributed by atoms with Crippen LogP contribution in [0.1, 0.15) is 48.9 Å². The van der Waals surface area contributed by atoms with Crippen LogP contribution in [0, 0.1) is 12.8 Å². The highest BCUT2D eigenvalue weighted by atomic mass is 15.2. The van der Waals surface area contributed by atoms with E-state index in [-0.39, 0.29) is 0 Å². The van der Waals surface area contributed by atoms with E-state index >= 15 is 0 Å². The second-order valence-corrected chi connectivity index (χ2v) is 6.54. The summed E-state index contributed by atoms with van der Waals surface area (Å²) in [4.78, 5) is 2.74. The molecule has 3 rings (SSSR count). The number of benzene rings is 1. The predicted octanol–water partition coefficient (Wildman–Crippen LogP) is 3.30. The van der Waals surface area contributed by atoms with Gasteiger partial charge in [0.1, 0.15) is 0 Å². The van der Waals surface area contributed by atoms with E-state index in [4.69, 9.17) is 0 Å². The highest BCUT2D eigenvalue weighted by Crippen LogP contribution is 2.37. The lowest BCUT2D eigenvalue weighted by Gasteiger charge is -2.34. The SMILES string of the molecule is CCN(CC1CCNCC1)C1CCc2ccc(C)cc21. The molecule has 1 atom stereocenters. The van der Waals surface area contributed by atoms with E-state index < -0.39 is 0 Å². The Hall–Kier alpha value is -0.860. The molecule has 110 valence electrons. The van der Waals surface area contributed by atoms with Crippen molar-refractivity contribution in [3.8, 4) is 0 Å². The molecule has 1 aliphatic heterocycles. The fourth-order valence-corrected chi connectivity index (χ4v) is 3.95. The van der Waals surface area contributed by atoms with Gasteiger partial charge in [-0.1, -0.05) is 30.7 Å². The maximum atomic E-state index is 3.48. The van der Waals surface area contributed by atoms with Crippen LogP contribution in [0.2, 0.25) is 0 Å². The second kappa shape index (κ2) is 6.28. The molecule has 0 spiro atoms. The lowest BCUT2D eigenvalue weighted by molar-refractivity contribution is 0.158. The van der Waals surface area contributed by atoms with Gasteiger partial charge in [-0.3, -0.25) is 4.90 Å². The normalized spacial score (nSPS) is 23.2. The van der Waals surface area contributed by atoms with E-state index in [1.54, 1.807) is 11.1 Å². The quantitative estimate of drug-likeness (QED) is 0.904. The Morgan fingerprint density at radius 2 is 2.00 bits per heavy atom. The van der Waals surface area contributed by atoms with E-state index in [2.05, 4.69) is 42.3 Å². The number of nitrogens with one attached hydrogen (secondary N) is 1. The largest absolute Gasteiger partial charge is 0.317 e. The zero-order chi connectivity index (χ0) is 13.9. The van der Waals surface area contributed by atoms with Gasteiger partial charge >= 0.3 is 0 Å². The summed E-state index contributed by atoms with van der Waals surface area (Å²) in [5.74, 6) is 0.894. The first-order valence-electron chi connectivity index (χ1n) is 8.32. The summed E-state index contributed by atoms with van der Waals surface area (Å²) in [5.41, 5.74) is 4.61. The third-order valence-electron chi connectivity index (χ3n) is 5.15. The third kappa shape index (κ3) is 2.91. The Morgan fingerprint density at radius 3 is 2.75 bits per heavy atom. The molecule has 0 amide bonds. The van der Waals surface area contributed by atoms with E-state index in [9.17, 15) is 0 Å². The van der Waals surface area contributed by atoms with Crippen LogP contribution in [-0.4, -0.2) is 31.1 Å². The van der Waals surface area contributed by atoms with Gasteiger partial charge in [-0.2, -0.15) is 0 Å². The molecule has 0 saturated carbocycles. The molecule has 2 aliphatic rings. The minimum atomic E-state index is 0.671. The van der Waals surface area contributed by atoms with Crippen molar-refractivity contribution in [1.82, 2.24) is 10.2 Å². The average molecular weight is 272 g/mol. The first-order chi connectivity index (χ1) is 9.78. The first-order valence-corrected chi connectivity index (χ1v) is 8.32. The van der Waals surface area contributed by atoms with E-state index in [0.717, 1.165) is 5.92 Å². The number of piperidine rings is 1. The van der Waals surface area contributed by atoms with Gasteiger partial charge in [0.25, 0.3) is 0 Å². The molecule has 0 aromatic heterocycles. The fourth-order valence-electron chi connectivity index (χ4n) is 3.95. The number of aryl methyl sites for hydroxylation is 2. The summed E-state index contributed by atoms with van der Waals surface area (Å²) in [5, 5.41) is 3.48. The average Bonchev–Trinajstić information content (AvgIpc) is 2.89. The molecular formula is C18H28N2. The first kappa shape index (κ1) is 14.1. The van der Waals surface area contributed by atoms with E-state index in [1.807, 2.05) is 0 Å². The maximum absolute atomic E-state index is 3.48. The van der Waals surface area contributed by atoms with Crippen LogP contribution in [0.3, 0.4) is 0 Å². The van der Waals surface area contributed by atoms with Crippen molar-refractivity contribution < 1.29 is 0 Å². The van der Waals surface area contributed by atoms with E-state index in [1.165, 1.54) is 57.4 Å². The zero-order valence-electron chi connectivity index (χ0n) is 13.0. The van der Waals surface area contributed by atoms with Crippen molar-refractivity contribution >= 4 is 0 Å². The Kier molecular flexibility index (Phi) is 4.42. The van der Waals surface area contributed by atoms with Crippen molar-refractivity contribution in [3.63, 3.8) is 0 Å². The lowest BCUT2D eigenvalue weighted by Crippen LogP contribution is -2.37. The predicted molar refractivity (Wildman–Crippen MR) is 85.1 cm³/mol. The summed E-state index contributed by atoms with van der Waals surface area (Å²) >= 11 is 0. The smallest absolute Gasteiger partial charge is 0.0354 e. The third-order valence-corrected chi connectivity index (χ3v) is 5.15. The molecule has 1 aromatic rings. The van der Waals surface area contributed by atoms with Gasteiger partial charge < -0.3 is 5.32 Å². The molecule has 0 bridgehead atoms. The maximum Gasteiger partial charge on any atom is 0.0354 e. The van der Waals surface area contributed by atoms with Crippen molar-refractivity contribution in [2.45, 2.75) is 45.6 Å². The zero-order valence-corrected chi connectivity index (χ0v) is 13.0. The van der Waals surface area contributed by atoms with Gasteiger partial charge in [0.2, 0.25) is 0 Å². The van der Waals surface area contributed by atoms with Crippen LogP contribution in [-0.2, 0) is 6.42 Å². The van der Waals surface area contributed by atoms with Gasteiger partial charge in [-0.05, 0) is 69.3 Å². The molecule has 0 radical (unpaired) electrons. The monoisotopic (exact) mass is 272 g/mol. The fraction of sp³-hybridized carbons (Fsp3) is 0.667. The topological polar surface area (TPSA) is 15.3 Å². The van der Waals surface area contributed by atoms with Crippen molar-refractivity contribution in [2.24, 2.45) is 5.92 Å². The van der Waals surface area contributed by atoms with E-state index in [0.29, 0.717) is 6.04 Å². The number of hydrogen-bond acceptors (Lipinski definition) is 2.